The number of amides is 2. The average Bonchev–Trinajstić information content (AvgIpc) is 2.83. The molecule has 2 amide bonds. The molecule has 0 saturated heterocycles. The number of hydrogen-bond donors (Lipinski definition) is 0. The highest BCUT2D eigenvalue weighted by Gasteiger charge is 2.38. The Morgan fingerprint density at radius 2 is 2.06 bits per heavy atom. The van der Waals surface area contributed by atoms with Gasteiger partial charge in [0.1, 0.15) is 5.03 Å². The Hall–Kier alpha value is -1.13. The minimum Gasteiger partial charge on any atom is -0.273 e. The number of carbonyl (C=O) groups excluding carboxylic acids is 2. The fourth-order valence-electron chi connectivity index (χ4n) is 1.71. The molecule has 0 aliphatic carbocycles. The topological polar surface area (TPSA) is 37.4 Å². The zero-order valence-corrected chi connectivity index (χ0v) is 11.1. The van der Waals surface area contributed by atoms with Gasteiger partial charge < -0.3 is 0 Å². The summed E-state index contributed by atoms with van der Waals surface area (Å²) in [6, 6.07) is 3.63. The normalized spacial score (nSPS) is 16.6. The van der Waals surface area contributed by atoms with E-state index >= 15 is 0 Å². The van der Waals surface area contributed by atoms with E-state index in [1.807, 2.05) is 25.3 Å². The van der Waals surface area contributed by atoms with Crippen molar-refractivity contribution >= 4 is 40.3 Å². The van der Waals surface area contributed by atoms with Crippen molar-refractivity contribution in [2.24, 2.45) is 5.92 Å². The lowest BCUT2D eigenvalue weighted by Gasteiger charge is -2.16. The lowest BCUT2D eigenvalue weighted by atomic mass is 10.2. The van der Waals surface area contributed by atoms with Crippen molar-refractivity contribution < 1.29 is 9.59 Å². The van der Waals surface area contributed by atoms with E-state index in [0.717, 1.165) is 4.88 Å². The number of nitrogens with zero attached hydrogens (tertiary/aromatic N) is 1. The van der Waals surface area contributed by atoms with Gasteiger partial charge in [-0.2, -0.15) is 0 Å². The van der Waals surface area contributed by atoms with Gasteiger partial charge in [-0.3, -0.25) is 14.5 Å². The third-order valence-electron chi connectivity index (χ3n) is 2.43. The van der Waals surface area contributed by atoms with Gasteiger partial charge in [0.15, 0.2) is 0 Å². The van der Waals surface area contributed by atoms with Crippen molar-refractivity contribution in [3.63, 3.8) is 0 Å². The Morgan fingerprint density at radius 1 is 1.35 bits per heavy atom. The second kappa shape index (κ2) is 4.63. The molecule has 0 radical (unpaired) electrons. The summed E-state index contributed by atoms with van der Waals surface area (Å²) in [6.45, 7) is 4.32. The van der Waals surface area contributed by atoms with E-state index in [-0.39, 0.29) is 22.8 Å². The zero-order valence-electron chi connectivity index (χ0n) is 9.57. The maximum atomic E-state index is 12.1. The first-order valence-electron chi connectivity index (χ1n) is 5.32. The predicted octanol–water partition coefficient (Wildman–Crippen LogP) is 2.72. The highest BCUT2D eigenvalue weighted by Crippen LogP contribution is 2.34. The van der Waals surface area contributed by atoms with Gasteiger partial charge in [0, 0.05) is 11.4 Å². The van der Waals surface area contributed by atoms with Crippen LogP contribution in [0.25, 0.3) is 5.57 Å². The zero-order chi connectivity index (χ0) is 12.6. The Morgan fingerprint density at radius 3 is 2.59 bits per heavy atom. The molecule has 0 aromatic carbocycles. The summed E-state index contributed by atoms with van der Waals surface area (Å²) >= 11 is 7.38. The quantitative estimate of drug-likeness (QED) is 0.792. The van der Waals surface area contributed by atoms with Crippen LogP contribution in [-0.4, -0.2) is 23.3 Å². The summed E-state index contributed by atoms with van der Waals surface area (Å²) in [4.78, 5) is 26.0. The van der Waals surface area contributed by atoms with E-state index in [1.165, 1.54) is 16.2 Å². The van der Waals surface area contributed by atoms with E-state index in [0.29, 0.717) is 12.1 Å². The second-order valence-corrected chi connectivity index (χ2v) is 5.61. The number of carbonyl (C=O) groups is 2. The summed E-state index contributed by atoms with van der Waals surface area (Å²) in [5, 5.41) is 1.90. The van der Waals surface area contributed by atoms with E-state index < -0.39 is 0 Å². The summed E-state index contributed by atoms with van der Waals surface area (Å²) in [5.41, 5.74) is 0.340. The Kier molecular flexibility index (Phi) is 3.35. The molecule has 90 valence electrons. The van der Waals surface area contributed by atoms with Gasteiger partial charge in [-0.15, -0.1) is 11.3 Å². The number of imide groups is 1. The van der Waals surface area contributed by atoms with Crippen LogP contribution in [-0.2, 0) is 9.59 Å². The van der Waals surface area contributed by atoms with Gasteiger partial charge in [0.05, 0.1) is 5.57 Å². The Bertz CT molecular complexity index is 491. The van der Waals surface area contributed by atoms with Crippen LogP contribution in [0.1, 0.15) is 18.7 Å². The van der Waals surface area contributed by atoms with E-state index in [1.54, 1.807) is 6.07 Å². The van der Waals surface area contributed by atoms with Crippen LogP contribution < -0.4 is 0 Å². The third-order valence-corrected chi connectivity index (χ3v) is 3.66. The molecule has 0 N–H and O–H groups in total. The lowest BCUT2D eigenvalue weighted by Crippen LogP contribution is -2.34. The van der Waals surface area contributed by atoms with Crippen LogP contribution in [0.3, 0.4) is 0 Å². The smallest absolute Gasteiger partial charge is 0.273 e. The second-order valence-electron chi connectivity index (χ2n) is 4.28. The number of rotatable bonds is 3. The van der Waals surface area contributed by atoms with Crippen molar-refractivity contribution in [2.75, 3.05) is 6.54 Å². The summed E-state index contributed by atoms with van der Waals surface area (Å²) < 4.78 is 0. The van der Waals surface area contributed by atoms with Crippen LogP contribution >= 0.6 is 22.9 Å². The molecule has 1 aliphatic heterocycles. The standard InChI is InChI=1S/C12H12ClNO2S/c1-7(2)6-14-11(15)9(10(13)12(14)16)8-4-3-5-17-8/h3-5,7H,6H2,1-2H3. The van der Waals surface area contributed by atoms with E-state index in [2.05, 4.69) is 0 Å². The van der Waals surface area contributed by atoms with E-state index in [4.69, 9.17) is 11.6 Å². The molecule has 2 rings (SSSR count). The fraction of sp³-hybridized carbons (Fsp3) is 0.333. The minimum atomic E-state index is -0.381. The molecule has 0 bridgehead atoms. The maximum absolute atomic E-state index is 12.1. The van der Waals surface area contributed by atoms with Gasteiger partial charge in [-0.05, 0) is 17.4 Å². The highest BCUT2D eigenvalue weighted by molar-refractivity contribution is 7.11. The first kappa shape index (κ1) is 12.3. The van der Waals surface area contributed by atoms with Crippen molar-refractivity contribution in [1.82, 2.24) is 4.90 Å². The summed E-state index contributed by atoms with van der Waals surface area (Å²) in [7, 11) is 0. The van der Waals surface area contributed by atoms with E-state index in [9.17, 15) is 9.59 Å². The molecule has 3 nitrogen and oxygen atoms in total. The van der Waals surface area contributed by atoms with Crippen LogP contribution in [0, 0.1) is 5.92 Å². The van der Waals surface area contributed by atoms with Crippen LogP contribution in [0.5, 0.6) is 0 Å². The highest BCUT2D eigenvalue weighted by atomic mass is 35.5. The van der Waals surface area contributed by atoms with Crippen molar-refractivity contribution in [2.45, 2.75) is 13.8 Å². The molecule has 5 heteroatoms. The van der Waals surface area contributed by atoms with Crippen molar-refractivity contribution in [3.8, 4) is 0 Å². The molecule has 1 aliphatic rings. The largest absolute Gasteiger partial charge is 0.273 e. The number of halogens is 1. The monoisotopic (exact) mass is 269 g/mol. The van der Waals surface area contributed by atoms with Gasteiger partial charge in [-0.1, -0.05) is 31.5 Å². The van der Waals surface area contributed by atoms with Crippen LogP contribution in [0.15, 0.2) is 22.5 Å². The molecule has 0 spiro atoms. The van der Waals surface area contributed by atoms with Crippen LogP contribution in [0.2, 0.25) is 0 Å². The fourth-order valence-corrected chi connectivity index (χ4v) is 2.82. The first-order valence-corrected chi connectivity index (χ1v) is 6.58. The summed E-state index contributed by atoms with van der Waals surface area (Å²) in [5.74, 6) is -0.431. The molecule has 1 aromatic rings. The maximum Gasteiger partial charge on any atom is 0.273 e. The molecule has 17 heavy (non-hydrogen) atoms. The molecular formula is C12H12ClNO2S. The minimum absolute atomic E-state index is 0.0399. The van der Waals surface area contributed by atoms with Gasteiger partial charge >= 0.3 is 0 Å². The molecular weight excluding hydrogens is 258 g/mol. The molecule has 2 heterocycles. The first-order chi connectivity index (χ1) is 8.02. The van der Waals surface area contributed by atoms with Crippen molar-refractivity contribution in [1.29, 1.82) is 0 Å². The molecule has 0 fully saturated rings. The lowest BCUT2D eigenvalue weighted by molar-refractivity contribution is -0.137. The predicted molar refractivity (Wildman–Crippen MR) is 68.7 cm³/mol. The molecule has 0 saturated carbocycles. The van der Waals surface area contributed by atoms with Gasteiger partial charge in [0.25, 0.3) is 11.8 Å². The van der Waals surface area contributed by atoms with Gasteiger partial charge in [-0.25, -0.2) is 0 Å². The third kappa shape index (κ3) is 2.15. The Labute approximate surface area is 109 Å². The molecule has 0 atom stereocenters. The average molecular weight is 270 g/mol. The summed E-state index contributed by atoms with van der Waals surface area (Å²) in [6.07, 6.45) is 0. The van der Waals surface area contributed by atoms with Crippen LogP contribution in [0.4, 0.5) is 0 Å². The number of hydrogen-bond acceptors (Lipinski definition) is 3. The SMILES string of the molecule is CC(C)CN1C(=O)C(Cl)=C(c2cccs2)C1=O. The Balaban J connectivity index is 2.35. The molecule has 0 unspecified atom stereocenters. The molecule has 1 aromatic heterocycles. The van der Waals surface area contributed by atoms with Crippen molar-refractivity contribution in [3.05, 3.63) is 27.4 Å². The van der Waals surface area contributed by atoms with Gasteiger partial charge in [0.2, 0.25) is 0 Å². The number of thiophene rings is 1.